The summed E-state index contributed by atoms with van der Waals surface area (Å²) >= 11 is 2.08. The lowest BCUT2D eigenvalue weighted by Gasteiger charge is -2.30. The van der Waals surface area contributed by atoms with E-state index in [1.807, 2.05) is 0 Å². The summed E-state index contributed by atoms with van der Waals surface area (Å²) in [5.41, 5.74) is 2.56. The molecule has 27 heavy (non-hydrogen) atoms. The van der Waals surface area contributed by atoms with Crippen LogP contribution in [-0.2, 0) is 11.3 Å². The van der Waals surface area contributed by atoms with E-state index in [1.165, 1.54) is 29.8 Å². The van der Waals surface area contributed by atoms with Crippen LogP contribution in [0.25, 0.3) is 0 Å². The molecule has 5 nitrogen and oxygen atoms in total. The summed E-state index contributed by atoms with van der Waals surface area (Å²) in [6.07, 6.45) is 2.60. The Hall–Kier alpha value is -0.670. The molecule has 2 saturated heterocycles. The first kappa shape index (κ1) is 22.6. The van der Waals surface area contributed by atoms with Crippen LogP contribution in [0.15, 0.2) is 29.3 Å². The minimum absolute atomic E-state index is 0. The van der Waals surface area contributed by atoms with Crippen molar-refractivity contribution < 1.29 is 4.74 Å². The molecule has 0 amide bonds. The van der Waals surface area contributed by atoms with Gasteiger partial charge in [-0.1, -0.05) is 18.2 Å². The number of nitrogens with one attached hydrogen (secondary N) is 2. The van der Waals surface area contributed by atoms with E-state index in [0.717, 1.165) is 45.4 Å². The van der Waals surface area contributed by atoms with Gasteiger partial charge < -0.3 is 20.3 Å². The van der Waals surface area contributed by atoms with Crippen molar-refractivity contribution in [2.75, 3.05) is 50.0 Å². The summed E-state index contributed by atoms with van der Waals surface area (Å²) in [6.45, 7) is 10.5. The maximum atomic E-state index is 5.49. The fraction of sp³-hybridized carbons (Fsp3) is 0.650. The Morgan fingerprint density at radius 1 is 1.26 bits per heavy atom. The van der Waals surface area contributed by atoms with Gasteiger partial charge in [0.2, 0.25) is 0 Å². The van der Waals surface area contributed by atoms with Crippen molar-refractivity contribution in [3.05, 3.63) is 29.8 Å². The molecule has 2 aliphatic rings. The Kier molecular flexibility index (Phi) is 9.52. The van der Waals surface area contributed by atoms with Gasteiger partial charge in [0.15, 0.2) is 5.96 Å². The van der Waals surface area contributed by atoms with Crippen LogP contribution < -0.4 is 15.5 Å². The van der Waals surface area contributed by atoms with E-state index in [1.54, 1.807) is 0 Å². The number of anilines is 1. The first-order valence-corrected chi connectivity index (χ1v) is 10.8. The maximum absolute atomic E-state index is 5.49. The van der Waals surface area contributed by atoms with Crippen LogP contribution in [0.2, 0.25) is 0 Å². The second-order valence-electron chi connectivity index (χ2n) is 7.18. The van der Waals surface area contributed by atoms with Crippen LogP contribution in [0.4, 0.5) is 5.69 Å². The number of ether oxygens (including phenoxy) is 1. The monoisotopic (exact) mass is 504 g/mol. The predicted molar refractivity (Wildman–Crippen MR) is 128 cm³/mol. The molecule has 7 heteroatoms. The summed E-state index contributed by atoms with van der Waals surface area (Å²) in [7, 11) is 0. The predicted octanol–water partition coefficient (Wildman–Crippen LogP) is 3.48. The van der Waals surface area contributed by atoms with Gasteiger partial charge >= 0.3 is 0 Å². The van der Waals surface area contributed by atoms with Crippen molar-refractivity contribution in [2.24, 2.45) is 4.99 Å². The molecule has 2 heterocycles. The fourth-order valence-corrected chi connectivity index (χ4v) is 4.75. The van der Waals surface area contributed by atoms with E-state index < -0.39 is 0 Å². The standard InChI is InChI=1S/C20H32N4OS.HI/c1-3-21-19(23-16-20(2)9-6-14-26-20)22-15-17-7-4-5-8-18(17)24-10-12-25-13-11-24;/h4-5,7-8H,3,6,9-16H2,1-2H3,(H2,21,22,23);1H. The van der Waals surface area contributed by atoms with Crippen LogP contribution >= 0.6 is 35.7 Å². The number of halogens is 1. The molecule has 1 unspecified atom stereocenters. The van der Waals surface area contributed by atoms with E-state index in [9.17, 15) is 0 Å². The zero-order chi connectivity index (χ0) is 18.2. The van der Waals surface area contributed by atoms with Gasteiger partial charge in [0.1, 0.15) is 0 Å². The van der Waals surface area contributed by atoms with Crippen LogP contribution in [0.3, 0.4) is 0 Å². The molecule has 2 aliphatic heterocycles. The number of aliphatic imine (C=N–C) groups is 1. The maximum Gasteiger partial charge on any atom is 0.191 e. The van der Waals surface area contributed by atoms with Crippen LogP contribution in [0, 0.1) is 0 Å². The van der Waals surface area contributed by atoms with Crippen LogP contribution in [0.5, 0.6) is 0 Å². The number of morpholine rings is 1. The van der Waals surface area contributed by atoms with Crippen molar-refractivity contribution in [2.45, 2.75) is 38.0 Å². The minimum Gasteiger partial charge on any atom is -0.378 e. The summed E-state index contributed by atoms with van der Waals surface area (Å²) < 4.78 is 5.83. The molecule has 3 rings (SSSR count). The lowest BCUT2D eigenvalue weighted by molar-refractivity contribution is 0.122. The Bertz CT molecular complexity index is 601. The molecule has 0 bridgehead atoms. The van der Waals surface area contributed by atoms with Crippen molar-refractivity contribution in [1.29, 1.82) is 0 Å². The molecule has 0 spiro atoms. The molecule has 0 radical (unpaired) electrons. The SMILES string of the molecule is CCNC(=NCc1ccccc1N1CCOCC1)NCC1(C)CCCS1.I. The van der Waals surface area contributed by atoms with Gasteiger partial charge in [0, 0.05) is 36.6 Å². The third-order valence-electron chi connectivity index (χ3n) is 5.03. The molecule has 152 valence electrons. The molecule has 1 atom stereocenters. The second kappa shape index (κ2) is 11.4. The highest BCUT2D eigenvalue weighted by atomic mass is 127. The Morgan fingerprint density at radius 3 is 2.74 bits per heavy atom. The first-order chi connectivity index (χ1) is 12.7. The van der Waals surface area contributed by atoms with Crippen LogP contribution in [0.1, 0.15) is 32.3 Å². The smallest absolute Gasteiger partial charge is 0.191 e. The van der Waals surface area contributed by atoms with E-state index >= 15 is 0 Å². The van der Waals surface area contributed by atoms with Crippen molar-refractivity contribution in [1.82, 2.24) is 10.6 Å². The van der Waals surface area contributed by atoms with Crippen molar-refractivity contribution >= 4 is 47.4 Å². The summed E-state index contributed by atoms with van der Waals surface area (Å²) in [5, 5.41) is 6.95. The number of hydrogen-bond donors (Lipinski definition) is 2. The van der Waals surface area contributed by atoms with E-state index in [2.05, 4.69) is 65.4 Å². The van der Waals surface area contributed by atoms with Crippen molar-refractivity contribution in [3.8, 4) is 0 Å². The Balaban J connectivity index is 0.00000261. The zero-order valence-corrected chi connectivity index (χ0v) is 19.6. The number of nitrogens with zero attached hydrogens (tertiary/aromatic N) is 2. The van der Waals surface area contributed by atoms with Crippen molar-refractivity contribution in [3.63, 3.8) is 0 Å². The molecule has 0 aliphatic carbocycles. The van der Waals surface area contributed by atoms with Gasteiger partial charge in [-0.2, -0.15) is 11.8 Å². The van der Waals surface area contributed by atoms with Gasteiger partial charge in [-0.05, 0) is 44.1 Å². The molecular formula is C20H33IN4OS. The number of hydrogen-bond acceptors (Lipinski definition) is 4. The highest BCUT2D eigenvalue weighted by Gasteiger charge is 2.29. The van der Waals surface area contributed by atoms with Gasteiger partial charge in [0.05, 0.1) is 19.8 Å². The zero-order valence-electron chi connectivity index (χ0n) is 16.5. The quantitative estimate of drug-likeness (QED) is 0.353. The largest absolute Gasteiger partial charge is 0.378 e. The highest BCUT2D eigenvalue weighted by Crippen LogP contribution is 2.36. The number of thioether (sulfide) groups is 1. The lowest BCUT2D eigenvalue weighted by Crippen LogP contribution is -2.43. The highest BCUT2D eigenvalue weighted by molar-refractivity contribution is 14.0. The number of benzene rings is 1. The topological polar surface area (TPSA) is 48.9 Å². The van der Waals surface area contributed by atoms with Crippen LogP contribution in [-0.4, -0.2) is 55.9 Å². The molecule has 2 N–H and O–H groups in total. The molecule has 0 saturated carbocycles. The van der Waals surface area contributed by atoms with Gasteiger partial charge in [-0.3, -0.25) is 0 Å². The average Bonchev–Trinajstić information content (AvgIpc) is 3.12. The normalized spacial score (nSPS) is 23.0. The third-order valence-corrected chi connectivity index (χ3v) is 6.56. The third kappa shape index (κ3) is 6.71. The van der Waals surface area contributed by atoms with Gasteiger partial charge in [-0.25, -0.2) is 4.99 Å². The number of rotatable bonds is 6. The minimum atomic E-state index is 0. The van der Waals surface area contributed by atoms with Gasteiger partial charge in [-0.15, -0.1) is 24.0 Å². The molecular weight excluding hydrogens is 471 g/mol. The molecule has 0 aromatic heterocycles. The molecule has 2 fully saturated rings. The average molecular weight is 504 g/mol. The molecule has 1 aromatic rings. The van der Waals surface area contributed by atoms with E-state index in [4.69, 9.17) is 9.73 Å². The summed E-state index contributed by atoms with van der Waals surface area (Å²) in [5.74, 6) is 2.19. The van der Waals surface area contributed by atoms with E-state index in [-0.39, 0.29) is 24.0 Å². The Labute approximate surface area is 185 Å². The summed E-state index contributed by atoms with van der Waals surface area (Å²) in [4.78, 5) is 7.27. The van der Waals surface area contributed by atoms with E-state index in [0.29, 0.717) is 11.3 Å². The fourth-order valence-electron chi connectivity index (χ4n) is 3.51. The summed E-state index contributed by atoms with van der Waals surface area (Å²) in [6, 6.07) is 8.60. The molecule has 1 aromatic carbocycles. The Morgan fingerprint density at radius 2 is 2.04 bits per heavy atom. The first-order valence-electron chi connectivity index (χ1n) is 9.77. The number of guanidine groups is 1. The number of para-hydroxylation sites is 1. The second-order valence-corrected chi connectivity index (χ2v) is 8.86. The van der Waals surface area contributed by atoms with Gasteiger partial charge in [0.25, 0.3) is 0 Å². The lowest BCUT2D eigenvalue weighted by atomic mass is 10.1.